The smallest absolute Gasteiger partial charge is 0.316 e. The molecule has 1 atom stereocenters. The molecule has 8 nitrogen and oxygen atoms in total. The molecule has 0 unspecified atom stereocenters. The maximum absolute atomic E-state index is 12.8. The van der Waals surface area contributed by atoms with Crippen molar-refractivity contribution in [3.05, 3.63) is 59.9 Å². The van der Waals surface area contributed by atoms with Crippen LogP contribution in [0.2, 0.25) is 0 Å². The minimum Gasteiger partial charge on any atom is -0.467 e. The summed E-state index contributed by atoms with van der Waals surface area (Å²) < 4.78 is 35.1. The number of hydrogen-bond donors (Lipinski definition) is 1. The van der Waals surface area contributed by atoms with Crippen LogP contribution in [-0.2, 0) is 16.6 Å². The summed E-state index contributed by atoms with van der Waals surface area (Å²) in [6, 6.07) is 13.5. The van der Waals surface area contributed by atoms with Crippen molar-refractivity contribution in [3.63, 3.8) is 0 Å². The molecule has 1 aromatic heterocycles. The number of benzene rings is 2. The van der Waals surface area contributed by atoms with E-state index >= 15 is 0 Å². The number of nitrogens with zero attached hydrogens (tertiary/aromatic N) is 3. The third kappa shape index (κ3) is 4.42. The van der Waals surface area contributed by atoms with Crippen molar-refractivity contribution in [1.29, 1.82) is 0 Å². The number of Topliss-reactive ketones (excluding diaryl/α,β-unsaturated/α-hetero) is 1. The fraction of sp³-hybridized carbons (Fsp3) is 0.286. The second kappa shape index (κ2) is 8.76. The van der Waals surface area contributed by atoms with Crippen LogP contribution >= 0.6 is 0 Å². The summed E-state index contributed by atoms with van der Waals surface area (Å²) in [5.41, 5.74) is 2.38. The SMILES string of the molecule is CCn1c(OC)nnc1[C@@H](C)NS(=O)(=O)c1ccc(-c2ccc(C(C)=O)cc2)cc1. The first-order chi connectivity index (χ1) is 14.3. The number of carbonyl (C=O) groups excluding carboxylic acids is 1. The van der Waals surface area contributed by atoms with E-state index in [1.165, 1.54) is 14.0 Å². The Morgan fingerprint density at radius 3 is 2.13 bits per heavy atom. The molecule has 0 saturated carbocycles. The molecule has 0 aliphatic heterocycles. The Labute approximate surface area is 176 Å². The van der Waals surface area contributed by atoms with Crippen molar-refractivity contribution < 1.29 is 17.9 Å². The van der Waals surface area contributed by atoms with Gasteiger partial charge < -0.3 is 4.74 Å². The fourth-order valence-electron chi connectivity index (χ4n) is 3.15. The molecule has 0 spiro atoms. The Hall–Kier alpha value is -3.04. The average molecular weight is 429 g/mol. The summed E-state index contributed by atoms with van der Waals surface area (Å²) in [6.07, 6.45) is 0. The van der Waals surface area contributed by atoms with E-state index in [2.05, 4.69) is 14.9 Å². The van der Waals surface area contributed by atoms with Crippen molar-refractivity contribution in [2.75, 3.05) is 7.11 Å². The van der Waals surface area contributed by atoms with Crippen molar-refractivity contribution in [2.45, 2.75) is 38.3 Å². The highest BCUT2D eigenvalue weighted by molar-refractivity contribution is 7.89. The maximum Gasteiger partial charge on any atom is 0.316 e. The maximum atomic E-state index is 12.8. The van der Waals surface area contributed by atoms with Crippen LogP contribution in [0, 0.1) is 0 Å². The van der Waals surface area contributed by atoms with E-state index in [0.29, 0.717) is 23.9 Å². The molecule has 9 heteroatoms. The van der Waals surface area contributed by atoms with Gasteiger partial charge in [0.1, 0.15) is 0 Å². The topological polar surface area (TPSA) is 103 Å². The number of carbonyl (C=O) groups is 1. The standard InChI is InChI=1S/C21H24N4O4S/c1-5-25-20(22-23-21(25)29-4)14(2)24-30(27,28)19-12-10-18(11-13-19)17-8-6-16(7-9-17)15(3)26/h6-14,24H,5H2,1-4H3/t14-/m1/s1. The lowest BCUT2D eigenvalue weighted by atomic mass is 10.0. The number of rotatable bonds is 8. The van der Waals surface area contributed by atoms with Gasteiger partial charge in [-0.2, -0.15) is 0 Å². The molecule has 30 heavy (non-hydrogen) atoms. The summed E-state index contributed by atoms with van der Waals surface area (Å²) in [7, 11) is -2.27. The molecule has 0 saturated heterocycles. The van der Waals surface area contributed by atoms with Crippen molar-refractivity contribution in [3.8, 4) is 17.1 Å². The Balaban J connectivity index is 1.79. The van der Waals surface area contributed by atoms with Crippen LogP contribution in [0.4, 0.5) is 0 Å². The lowest BCUT2D eigenvalue weighted by Gasteiger charge is -2.15. The second-order valence-corrected chi connectivity index (χ2v) is 8.50. The molecule has 2 aromatic carbocycles. The Morgan fingerprint density at radius 2 is 1.63 bits per heavy atom. The Kier molecular flexibility index (Phi) is 6.33. The van der Waals surface area contributed by atoms with Crippen LogP contribution in [0.3, 0.4) is 0 Å². The van der Waals surface area contributed by atoms with Crippen molar-refractivity contribution in [2.24, 2.45) is 0 Å². The molecule has 0 fully saturated rings. The number of hydrogen-bond acceptors (Lipinski definition) is 6. The van der Waals surface area contributed by atoms with Gasteiger partial charge in [0.2, 0.25) is 10.0 Å². The second-order valence-electron chi connectivity index (χ2n) is 6.79. The molecule has 0 aliphatic carbocycles. The van der Waals surface area contributed by atoms with Crippen LogP contribution in [0.1, 0.15) is 43.0 Å². The summed E-state index contributed by atoms with van der Waals surface area (Å²) >= 11 is 0. The van der Waals surface area contributed by atoms with Gasteiger partial charge in [-0.15, -0.1) is 5.10 Å². The van der Waals surface area contributed by atoms with E-state index in [9.17, 15) is 13.2 Å². The quantitative estimate of drug-likeness (QED) is 0.553. The van der Waals surface area contributed by atoms with E-state index in [0.717, 1.165) is 11.1 Å². The summed E-state index contributed by atoms with van der Waals surface area (Å²) in [6.45, 7) is 5.67. The van der Waals surface area contributed by atoms with Crippen LogP contribution in [0.15, 0.2) is 53.4 Å². The number of methoxy groups -OCH3 is 1. The van der Waals surface area contributed by atoms with Crippen LogP contribution in [0.5, 0.6) is 6.01 Å². The largest absolute Gasteiger partial charge is 0.467 e. The molecular formula is C21H24N4O4S. The number of nitrogens with one attached hydrogen (secondary N) is 1. The third-order valence-corrected chi connectivity index (χ3v) is 6.31. The summed E-state index contributed by atoms with van der Waals surface area (Å²) in [5.74, 6) is 0.472. The zero-order valence-electron chi connectivity index (χ0n) is 17.3. The minimum atomic E-state index is -3.76. The molecule has 1 N–H and O–H groups in total. The summed E-state index contributed by atoms with van der Waals surface area (Å²) in [4.78, 5) is 11.6. The highest BCUT2D eigenvalue weighted by atomic mass is 32.2. The van der Waals surface area contributed by atoms with E-state index in [4.69, 9.17) is 4.74 Å². The van der Waals surface area contributed by atoms with Gasteiger partial charge in [0.15, 0.2) is 11.6 Å². The minimum absolute atomic E-state index is 0.000267. The molecule has 3 rings (SSSR count). The van der Waals surface area contributed by atoms with E-state index in [1.54, 1.807) is 47.9 Å². The van der Waals surface area contributed by atoms with Gasteiger partial charge in [0, 0.05) is 12.1 Å². The molecule has 1 heterocycles. The molecule has 0 aliphatic rings. The van der Waals surface area contributed by atoms with Gasteiger partial charge in [-0.1, -0.05) is 41.5 Å². The van der Waals surface area contributed by atoms with E-state index < -0.39 is 16.1 Å². The van der Waals surface area contributed by atoms with Crippen LogP contribution < -0.4 is 9.46 Å². The van der Waals surface area contributed by atoms with Gasteiger partial charge in [-0.05, 0) is 44.0 Å². The average Bonchev–Trinajstić information content (AvgIpc) is 3.17. The molecule has 0 radical (unpaired) electrons. The Morgan fingerprint density at radius 1 is 1.07 bits per heavy atom. The first kappa shape index (κ1) is 21.7. The van der Waals surface area contributed by atoms with Crippen molar-refractivity contribution >= 4 is 15.8 Å². The lowest BCUT2D eigenvalue weighted by Crippen LogP contribution is -2.29. The van der Waals surface area contributed by atoms with Gasteiger partial charge >= 0.3 is 6.01 Å². The predicted molar refractivity (Wildman–Crippen MR) is 113 cm³/mol. The highest BCUT2D eigenvalue weighted by Crippen LogP contribution is 2.23. The predicted octanol–water partition coefficient (Wildman–Crippen LogP) is 3.22. The molecule has 0 bridgehead atoms. The van der Waals surface area contributed by atoms with E-state index in [-0.39, 0.29) is 10.7 Å². The number of aromatic nitrogens is 3. The first-order valence-corrected chi connectivity index (χ1v) is 11.0. The fourth-order valence-corrected chi connectivity index (χ4v) is 4.35. The van der Waals surface area contributed by atoms with Gasteiger partial charge in [-0.3, -0.25) is 9.36 Å². The zero-order chi connectivity index (χ0) is 21.9. The lowest BCUT2D eigenvalue weighted by molar-refractivity contribution is 0.101. The number of sulfonamides is 1. The van der Waals surface area contributed by atoms with E-state index in [1.807, 2.05) is 19.1 Å². The van der Waals surface area contributed by atoms with Crippen molar-refractivity contribution in [1.82, 2.24) is 19.5 Å². The van der Waals surface area contributed by atoms with Gasteiger partial charge in [-0.25, -0.2) is 13.1 Å². The normalized spacial score (nSPS) is 12.5. The number of ether oxygens (including phenoxy) is 1. The summed E-state index contributed by atoms with van der Waals surface area (Å²) in [5, 5.41) is 7.97. The van der Waals surface area contributed by atoms with Gasteiger partial charge in [0.05, 0.1) is 18.0 Å². The molecule has 0 amide bonds. The first-order valence-electron chi connectivity index (χ1n) is 9.47. The monoisotopic (exact) mass is 428 g/mol. The molecule has 3 aromatic rings. The molecule has 158 valence electrons. The number of ketones is 1. The van der Waals surface area contributed by atoms with Crippen LogP contribution in [-0.4, -0.2) is 36.1 Å². The Bertz CT molecular complexity index is 1140. The third-order valence-electron chi connectivity index (χ3n) is 4.75. The highest BCUT2D eigenvalue weighted by Gasteiger charge is 2.23. The van der Waals surface area contributed by atoms with Gasteiger partial charge in [0.25, 0.3) is 0 Å². The molecular weight excluding hydrogens is 404 g/mol. The van der Waals surface area contributed by atoms with Crippen LogP contribution in [0.25, 0.3) is 11.1 Å². The zero-order valence-corrected chi connectivity index (χ0v) is 18.1.